The molecule has 6 heteroatoms. The van der Waals surface area contributed by atoms with Crippen molar-refractivity contribution in [1.29, 1.82) is 0 Å². The SMILES string of the molecule is CCC(C(=O)OCc1cc(-c2ccc(OC)c(OC)c2)on1)c1ccccc1. The number of ether oxygens (including phenoxy) is 3. The van der Waals surface area contributed by atoms with Gasteiger partial charge in [-0.3, -0.25) is 4.79 Å². The molecule has 1 atom stereocenters. The maximum atomic E-state index is 12.5. The van der Waals surface area contributed by atoms with Gasteiger partial charge in [0.05, 0.1) is 20.1 Å². The van der Waals surface area contributed by atoms with Crippen LogP contribution in [0, 0.1) is 0 Å². The van der Waals surface area contributed by atoms with Gasteiger partial charge in [-0.15, -0.1) is 0 Å². The van der Waals surface area contributed by atoms with Crippen LogP contribution in [0.3, 0.4) is 0 Å². The summed E-state index contributed by atoms with van der Waals surface area (Å²) in [6.07, 6.45) is 0.665. The quantitative estimate of drug-likeness (QED) is 0.531. The molecule has 0 N–H and O–H groups in total. The molecule has 6 nitrogen and oxygen atoms in total. The van der Waals surface area contributed by atoms with Crippen molar-refractivity contribution in [2.24, 2.45) is 0 Å². The van der Waals surface area contributed by atoms with Gasteiger partial charge in [0.15, 0.2) is 17.3 Å². The number of carbonyl (C=O) groups excluding carboxylic acids is 1. The molecule has 0 spiro atoms. The van der Waals surface area contributed by atoms with Gasteiger partial charge in [0.25, 0.3) is 0 Å². The van der Waals surface area contributed by atoms with Gasteiger partial charge in [-0.25, -0.2) is 0 Å². The zero-order valence-corrected chi connectivity index (χ0v) is 16.2. The lowest BCUT2D eigenvalue weighted by molar-refractivity contribution is -0.147. The smallest absolute Gasteiger partial charge is 0.313 e. The Morgan fingerprint density at radius 2 is 1.79 bits per heavy atom. The van der Waals surface area contributed by atoms with Crippen molar-refractivity contribution >= 4 is 5.97 Å². The topological polar surface area (TPSA) is 70.8 Å². The molecule has 2 aromatic carbocycles. The molecule has 146 valence electrons. The number of hydrogen-bond donors (Lipinski definition) is 0. The minimum absolute atomic E-state index is 0.0545. The number of hydrogen-bond acceptors (Lipinski definition) is 6. The molecule has 0 bridgehead atoms. The lowest BCUT2D eigenvalue weighted by Crippen LogP contribution is -2.15. The van der Waals surface area contributed by atoms with Crippen molar-refractivity contribution in [1.82, 2.24) is 5.16 Å². The number of nitrogens with zero attached hydrogens (tertiary/aromatic N) is 1. The van der Waals surface area contributed by atoms with Crippen molar-refractivity contribution in [3.63, 3.8) is 0 Å². The van der Waals surface area contributed by atoms with Gasteiger partial charge in [-0.1, -0.05) is 42.4 Å². The summed E-state index contributed by atoms with van der Waals surface area (Å²) in [4.78, 5) is 12.5. The van der Waals surface area contributed by atoms with Crippen molar-refractivity contribution in [2.45, 2.75) is 25.9 Å². The van der Waals surface area contributed by atoms with Crippen molar-refractivity contribution < 1.29 is 23.5 Å². The Hall–Kier alpha value is -3.28. The first-order valence-corrected chi connectivity index (χ1v) is 9.05. The molecular weight excluding hydrogens is 358 g/mol. The molecule has 0 aliphatic carbocycles. The number of aromatic nitrogens is 1. The highest BCUT2D eigenvalue weighted by Gasteiger charge is 2.20. The zero-order valence-electron chi connectivity index (χ0n) is 16.2. The van der Waals surface area contributed by atoms with E-state index in [2.05, 4.69) is 5.16 Å². The van der Waals surface area contributed by atoms with Crippen molar-refractivity contribution in [2.75, 3.05) is 14.2 Å². The molecule has 0 amide bonds. The monoisotopic (exact) mass is 381 g/mol. The van der Waals surface area contributed by atoms with Crippen LogP contribution >= 0.6 is 0 Å². The van der Waals surface area contributed by atoms with Gasteiger partial charge in [-0.05, 0) is 30.2 Å². The Morgan fingerprint density at radius 3 is 2.46 bits per heavy atom. The fraction of sp³-hybridized carbons (Fsp3) is 0.273. The van der Waals surface area contributed by atoms with Gasteiger partial charge in [-0.2, -0.15) is 0 Å². The molecule has 0 aliphatic heterocycles. The van der Waals surface area contributed by atoms with E-state index < -0.39 is 0 Å². The Balaban J connectivity index is 1.67. The average molecular weight is 381 g/mol. The normalized spacial score (nSPS) is 11.7. The first kappa shape index (κ1) is 19.5. The summed E-state index contributed by atoms with van der Waals surface area (Å²) in [5.41, 5.74) is 2.28. The Morgan fingerprint density at radius 1 is 1.04 bits per heavy atom. The second-order valence-electron chi connectivity index (χ2n) is 6.23. The molecular formula is C22H23NO5. The van der Waals surface area contributed by atoms with E-state index in [0.29, 0.717) is 29.4 Å². The summed E-state index contributed by atoms with van der Waals surface area (Å²) in [5.74, 6) is 1.22. The maximum absolute atomic E-state index is 12.5. The second-order valence-corrected chi connectivity index (χ2v) is 6.23. The van der Waals surface area contributed by atoms with E-state index in [1.807, 2.05) is 43.3 Å². The third-order valence-corrected chi connectivity index (χ3v) is 4.48. The molecule has 3 aromatic rings. The summed E-state index contributed by atoms with van der Waals surface area (Å²) < 4.78 is 21.4. The molecule has 3 rings (SSSR count). The van der Waals surface area contributed by atoms with Crippen LogP contribution in [-0.4, -0.2) is 25.3 Å². The van der Waals surface area contributed by atoms with Crippen LogP contribution in [0.15, 0.2) is 59.1 Å². The predicted molar refractivity (Wildman–Crippen MR) is 104 cm³/mol. The highest BCUT2D eigenvalue weighted by atomic mass is 16.5. The second kappa shape index (κ2) is 9.08. The Kier molecular flexibility index (Phi) is 6.32. The third-order valence-electron chi connectivity index (χ3n) is 4.48. The van der Waals surface area contributed by atoms with Crippen LogP contribution in [0.5, 0.6) is 11.5 Å². The molecule has 0 radical (unpaired) electrons. The molecule has 1 unspecified atom stereocenters. The van der Waals surface area contributed by atoms with Crippen LogP contribution in [0.4, 0.5) is 0 Å². The summed E-state index contributed by atoms with van der Waals surface area (Å²) in [6.45, 7) is 2.02. The van der Waals surface area contributed by atoms with Crippen LogP contribution in [-0.2, 0) is 16.1 Å². The largest absolute Gasteiger partial charge is 0.493 e. The molecule has 1 aromatic heterocycles. The minimum Gasteiger partial charge on any atom is -0.493 e. The van der Waals surface area contributed by atoms with Crippen molar-refractivity contribution in [3.05, 3.63) is 65.9 Å². The molecule has 0 aliphatic rings. The standard InChI is InChI=1S/C22H23NO5/c1-4-18(15-8-6-5-7-9-15)22(24)27-14-17-13-20(28-23-17)16-10-11-19(25-2)21(12-16)26-3/h5-13,18H,4,14H2,1-3H3. The van der Waals surface area contributed by atoms with Gasteiger partial charge >= 0.3 is 5.97 Å². The molecule has 0 saturated carbocycles. The number of benzene rings is 2. The summed E-state index contributed by atoms with van der Waals surface area (Å²) in [6, 6.07) is 16.8. The van der Waals surface area contributed by atoms with Gasteiger partial charge < -0.3 is 18.7 Å². The third kappa shape index (κ3) is 4.34. The van der Waals surface area contributed by atoms with E-state index in [-0.39, 0.29) is 18.5 Å². The summed E-state index contributed by atoms with van der Waals surface area (Å²) in [5, 5.41) is 4.00. The van der Waals surface area contributed by atoms with E-state index in [0.717, 1.165) is 11.1 Å². The van der Waals surface area contributed by atoms with E-state index in [4.69, 9.17) is 18.7 Å². The first-order chi connectivity index (χ1) is 13.7. The molecule has 1 heterocycles. The minimum atomic E-state index is -0.293. The fourth-order valence-electron chi connectivity index (χ4n) is 2.97. The lowest BCUT2D eigenvalue weighted by Gasteiger charge is -2.13. The van der Waals surface area contributed by atoms with Crippen LogP contribution < -0.4 is 9.47 Å². The van der Waals surface area contributed by atoms with E-state index in [9.17, 15) is 4.79 Å². The van der Waals surface area contributed by atoms with Crippen LogP contribution in [0.25, 0.3) is 11.3 Å². The maximum Gasteiger partial charge on any atom is 0.313 e. The van der Waals surface area contributed by atoms with Gasteiger partial charge in [0.1, 0.15) is 12.3 Å². The van der Waals surface area contributed by atoms with Gasteiger partial charge in [0, 0.05) is 11.6 Å². The van der Waals surface area contributed by atoms with E-state index >= 15 is 0 Å². The van der Waals surface area contributed by atoms with Crippen molar-refractivity contribution in [3.8, 4) is 22.8 Å². The predicted octanol–water partition coefficient (Wildman–Crippen LogP) is 4.60. The van der Waals surface area contributed by atoms with E-state index in [1.165, 1.54) is 0 Å². The molecule has 28 heavy (non-hydrogen) atoms. The number of esters is 1. The highest BCUT2D eigenvalue weighted by Crippen LogP contribution is 2.32. The first-order valence-electron chi connectivity index (χ1n) is 9.05. The lowest BCUT2D eigenvalue weighted by atomic mass is 9.97. The highest BCUT2D eigenvalue weighted by molar-refractivity contribution is 5.78. The molecule has 0 fully saturated rings. The fourth-order valence-corrected chi connectivity index (χ4v) is 2.97. The summed E-state index contributed by atoms with van der Waals surface area (Å²) >= 11 is 0. The number of carbonyl (C=O) groups is 1. The summed E-state index contributed by atoms with van der Waals surface area (Å²) in [7, 11) is 3.15. The number of rotatable bonds is 8. The zero-order chi connectivity index (χ0) is 19.9. The molecule has 0 saturated heterocycles. The Labute approximate surface area is 164 Å². The van der Waals surface area contributed by atoms with Gasteiger partial charge in [0.2, 0.25) is 0 Å². The average Bonchev–Trinajstić information content (AvgIpc) is 3.22. The van der Waals surface area contributed by atoms with Crippen LogP contribution in [0.2, 0.25) is 0 Å². The number of methoxy groups -OCH3 is 2. The van der Waals surface area contributed by atoms with E-state index in [1.54, 1.807) is 32.4 Å². The van der Waals surface area contributed by atoms with Crippen LogP contribution in [0.1, 0.15) is 30.5 Å². The Bertz CT molecular complexity index is 920.